The standard InChI is InChI=1S/C16H23N3O5/c1-10(2)4-7-24-13-5-6-23-9-12(13)17-14(20)11-8-19(3)16(22)18-15(11)21/h4,8,12-13H,5-7,9H2,1-3H3,(H,17,20)(H,18,21,22)/t12-,13+/m1/s1. The Balaban J connectivity index is 2.08. The number of nitrogens with one attached hydrogen (secondary N) is 2. The molecule has 2 atom stereocenters. The highest BCUT2D eigenvalue weighted by Gasteiger charge is 2.28. The van der Waals surface area contributed by atoms with Crippen LogP contribution in [0.1, 0.15) is 30.6 Å². The number of H-pyrrole nitrogens is 1. The first-order valence-electron chi connectivity index (χ1n) is 7.82. The minimum absolute atomic E-state index is 0.120. The van der Waals surface area contributed by atoms with Gasteiger partial charge in [0.1, 0.15) is 5.56 Å². The molecule has 1 aliphatic heterocycles. The van der Waals surface area contributed by atoms with Crippen LogP contribution in [0.15, 0.2) is 27.4 Å². The zero-order valence-electron chi connectivity index (χ0n) is 14.1. The van der Waals surface area contributed by atoms with Gasteiger partial charge >= 0.3 is 5.69 Å². The Morgan fingerprint density at radius 2 is 2.25 bits per heavy atom. The van der Waals surface area contributed by atoms with Crippen LogP contribution in [0.4, 0.5) is 0 Å². The average molecular weight is 337 g/mol. The van der Waals surface area contributed by atoms with E-state index in [0.717, 1.165) is 10.1 Å². The predicted octanol–water partition coefficient (Wildman–Crippen LogP) is -0.0563. The monoisotopic (exact) mass is 337 g/mol. The highest BCUT2D eigenvalue weighted by atomic mass is 16.5. The van der Waals surface area contributed by atoms with Crippen molar-refractivity contribution in [1.29, 1.82) is 0 Å². The Morgan fingerprint density at radius 1 is 1.50 bits per heavy atom. The number of carbonyl (C=O) groups is 1. The normalized spacial score (nSPS) is 20.5. The van der Waals surface area contributed by atoms with Crippen LogP contribution in [0.25, 0.3) is 0 Å². The van der Waals surface area contributed by atoms with E-state index in [-0.39, 0.29) is 17.7 Å². The van der Waals surface area contributed by atoms with E-state index in [1.54, 1.807) is 0 Å². The van der Waals surface area contributed by atoms with Gasteiger partial charge in [0.2, 0.25) is 0 Å². The average Bonchev–Trinajstić information content (AvgIpc) is 2.52. The van der Waals surface area contributed by atoms with Gasteiger partial charge in [0, 0.05) is 19.9 Å². The highest BCUT2D eigenvalue weighted by molar-refractivity contribution is 5.93. The number of hydrogen-bond donors (Lipinski definition) is 2. The highest BCUT2D eigenvalue weighted by Crippen LogP contribution is 2.13. The molecule has 1 aromatic rings. The summed E-state index contributed by atoms with van der Waals surface area (Å²) in [5, 5.41) is 2.77. The van der Waals surface area contributed by atoms with Crippen molar-refractivity contribution in [1.82, 2.24) is 14.9 Å². The van der Waals surface area contributed by atoms with Crippen molar-refractivity contribution in [3.63, 3.8) is 0 Å². The van der Waals surface area contributed by atoms with Crippen LogP contribution < -0.4 is 16.6 Å². The predicted molar refractivity (Wildman–Crippen MR) is 88.2 cm³/mol. The molecule has 1 amide bonds. The molecule has 0 bridgehead atoms. The molecule has 8 nitrogen and oxygen atoms in total. The summed E-state index contributed by atoms with van der Waals surface area (Å²) in [6.45, 7) is 5.30. The van der Waals surface area contributed by atoms with Crippen LogP contribution in [0, 0.1) is 0 Å². The molecule has 8 heteroatoms. The van der Waals surface area contributed by atoms with Crippen molar-refractivity contribution in [3.8, 4) is 0 Å². The summed E-state index contributed by atoms with van der Waals surface area (Å²) in [6, 6.07) is -0.353. The summed E-state index contributed by atoms with van der Waals surface area (Å²) >= 11 is 0. The SMILES string of the molecule is CC(C)=CCO[C@H]1CCOC[C@H]1NC(=O)c1cn(C)c(=O)[nH]c1=O. The molecule has 1 fully saturated rings. The third-order valence-corrected chi connectivity index (χ3v) is 3.76. The quantitative estimate of drug-likeness (QED) is 0.733. The number of ether oxygens (including phenoxy) is 2. The van der Waals surface area contributed by atoms with Crippen LogP contribution in [0.5, 0.6) is 0 Å². The number of aryl methyl sites for hydroxylation is 1. The number of aromatic amines is 1. The van der Waals surface area contributed by atoms with Crippen molar-refractivity contribution >= 4 is 5.91 Å². The van der Waals surface area contributed by atoms with Gasteiger partial charge in [0.25, 0.3) is 11.5 Å². The van der Waals surface area contributed by atoms with Gasteiger partial charge in [-0.15, -0.1) is 0 Å². The lowest BCUT2D eigenvalue weighted by atomic mass is 10.1. The van der Waals surface area contributed by atoms with E-state index in [2.05, 4.69) is 10.3 Å². The van der Waals surface area contributed by atoms with Gasteiger partial charge in [-0.1, -0.05) is 11.6 Å². The summed E-state index contributed by atoms with van der Waals surface area (Å²) < 4.78 is 12.4. The summed E-state index contributed by atoms with van der Waals surface area (Å²) in [5.41, 5.74) is -0.250. The molecule has 132 valence electrons. The van der Waals surface area contributed by atoms with Crippen LogP contribution in [-0.4, -0.2) is 47.4 Å². The second-order valence-corrected chi connectivity index (χ2v) is 6.01. The number of rotatable bonds is 5. The van der Waals surface area contributed by atoms with Gasteiger partial charge in [-0.3, -0.25) is 14.6 Å². The Kier molecular flexibility index (Phi) is 6.10. The Morgan fingerprint density at radius 3 is 2.96 bits per heavy atom. The Bertz CT molecular complexity index is 730. The Hall–Kier alpha value is -2.19. The van der Waals surface area contributed by atoms with E-state index < -0.39 is 17.2 Å². The molecule has 2 N–H and O–H groups in total. The van der Waals surface area contributed by atoms with Gasteiger partial charge in [-0.05, 0) is 20.3 Å². The first-order valence-corrected chi connectivity index (χ1v) is 7.82. The Labute approximate surface area is 139 Å². The van der Waals surface area contributed by atoms with Crippen molar-refractivity contribution in [2.45, 2.75) is 32.4 Å². The topological polar surface area (TPSA) is 102 Å². The van der Waals surface area contributed by atoms with Crippen LogP contribution in [0.3, 0.4) is 0 Å². The second-order valence-electron chi connectivity index (χ2n) is 6.01. The largest absolute Gasteiger partial charge is 0.379 e. The molecule has 1 aliphatic rings. The lowest BCUT2D eigenvalue weighted by molar-refractivity contribution is -0.0457. The zero-order valence-corrected chi connectivity index (χ0v) is 14.1. The maximum absolute atomic E-state index is 12.4. The number of aromatic nitrogens is 2. The van der Waals surface area contributed by atoms with Gasteiger partial charge in [-0.2, -0.15) is 0 Å². The van der Waals surface area contributed by atoms with Gasteiger partial charge in [0.15, 0.2) is 0 Å². The number of nitrogens with zero attached hydrogens (tertiary/aromatic N) is 1. The summed E-state index contributed by atoms with van der Waals surface area (Å²) in [6.07, 6.45) is 3.65. The van der Waals surface area contributed by atoms with E-state index in [9.17, 15) is 14.4 Å². The van der Waals surface area contributed by atoms with E-state index >= 15 is 0 Å². The molecule has 0 unspecified atom stereocenters. The molecule has 0 radical (unpaired) electrons. The summed E-state index contributed by atoms with van der Waals surface area (Å²) in [5.74, 6) is -0.557. The maximum atomic E-state index is 12.4. The fraction of sp³-hybridized carbons (Fsp3) is 0.562. The van der Waals surface area contributed by atoms with E-state index in [1.165, 1.54) is 13.2 Å². The van der Waals surface area contributed by atoms with Crippen LogP contribution in [-0.2, 0) is 16.5 Å². The number of amides is 1. The van der Waals surface area contributed by atoms with Crippen molar-refractivity contribution in [2.75, 3.05) is 19.8 Å². The molecule has 0 aliphatic carbocycles. The fourth-order valence-corrected chi connectivity index (χ4v) is 2.36. The third kappa shape index (κ3) is 4.65. The van der Waals surface area contributed by atoms with Gasteiger partial charge < -0.3 is 19.4 Å². The molecule has 2 rings (SSSR count). The molecular weight excluding hydrogens is 314 g/mol. The molecule has 0 spiro atoms. The molecule has 1 saturated heterocycles. The minimum Gasteiger partial charge on any atom is -0.379 e. The van der Waals surface area contributed by atoms with Crippen molar-refractivity contribution in [3.05, 3.63) is 44.2 Å². The molecule has 0 aromatic carbocycles. The molecular formula is C16H23N3O5. The third-order valence-electron chi connectivity index (χ3n) is 3.76. The maximum Gasteiger partial charge on any atom is 0.328 e. The number of allylic oxidation sites excluding steroid dienone is 1. The van der Waals surface area contributed by atoms with E-state index in [0.29, 0.717) is 26.2 Å². The van der Waals surface area contributed by atoms with Crippen molar-refractivity contribution < 1.29 is 14.3 Å². The number of carbonyl (C=O) groups excluding carboxylic acids is 1. The smallest absolute Gasteiger partial charge is 0.328 e. The van der Waals surface area contributed by atoms with Gasteiger partial charge in [-0.25, -0.2) is 4.79 Å². The lowest BCUT2D eigenvalue weighted by Gasteiger charge is -2.31. The molecule has 24 heavy (non-hydrogen) atoms. The molecule has 0 saturated carbocycles. The van der Waals surface area contributed by atoms with Crippen LogP contribution >= 0.6 is 0 Å². The summed E-state index contributed by atoms with van der Waals surface area (Å²) in [4.78, 5) is 37.6. The second kappa shape index (κ2) is 8.07. The van der Waals surface area contributed by atoms with E-state index in [4.69, 9.17) is 9.47 Å². The van der Waals surface area contributed by atoms with Crippen molar-refractivity contribution in [2.24, 2.45) is 7.05 Å². The minimum atomic E-state index is -0.714. The summed E-state index contributed by atoms with van der Waals surface area (Å²) in [7, 11) is 1.46. The van der Waals surface area contributed by atoms with E-state index in [1.807, 2.05) is 19.9 Å². The molecule has 1 aromatic heterocycles. The zero-order chi connectivity index (χ0) is 17.7. The first kappa shape index (κ1) is 18.2. The fourth-order valence-electron chi connectivity index (χ4n) is 2.36. The van der Waals surface area contributed by atoms with Gasteiger partial charge in [0.05, 0.1) is 25.4 Å². The molecule has 2 heterocycles. The first-order chi connectivity index (χ1) is 11.4. The lowest BCUT2D eigenvalue weighted by Crippen LogP contribution is -2.51. The number of hydrogen-bond acceptors (Lipinski definition) is 5. The van der Waals surface area contributed by atoms with Crippen LogP contribution in [0.2, 0.25) is 0 Å².